The summed E-state index contributed by atoms with van der Waals surface area (Å²) in [5.41, 5.74) is 0.829. The molecule has 0 aliphatic rings. The summed E-state index contributed by atoms with van der Waals surface area (Å²) < 4.78 is 2.74. The third-order valence-corrected chi connectivity index (χ3v) is 4.46. The van der Waals surface area contributed by atoms with Gasteiger partial charge in [0, 0.05) is 22.6 Å². The van der Waals surface area contributed by atoms with E-state index in [0.717, 1.165) is 15.1 Å². The van der Waals surface area contributed by atoms with Crippen LogP contribution in [0.4, 0.5) is 0 Å². The molecule has 0 spiro atoms. The predicted molar refractivity (Wildman–Crippen MR) is 76.8 cm³/mol. The van der Waals surface area contributed by atoms with E-state index in [1.807, 2.05) is 43.6 Å². The second-order valence-electron chi connectivity index (χ2n) is 3.92. The number of hydrogen-bond acceptors (Lipinski definition) is 3. The molecule has 94 valence electrons. The van der Waals surface area contributed by atoms with Crippen molar-refractivity contribution in [2.75, 3.05) is 5.75 Å². The Labute approximate surface area is 119 Å². The van der Waals surface area contributed by atoms with Gasteiger partial charge in [-0.25, -0.2) is 0 Å². The smallest absolute Gasteiger partial charge is 0.149 e. The van der Waals surface area contributed by atoms with Crippen LogP contribution in [0.5, 0.6) is 0 Å². The van der Waals surface area contributed by atoms with Gasteiger partial charge in [0.15, 0.2) is 0 Å². The summed E-state index contributed by atoms with van der Waals surface area (Å²) in [5.74, 6) is 0.661. The fourth-order valence-corrected chi connectivity index (χ4v) is 2.96. The van der Waals surface area contributed by atoms with Crippen molar-refractivity contribution in [3.05, 3.63) is 46.7 Å². The van der Waals surface area contributed by atoms with E-state index in [4.69, 9.17) is 0 Å². The van der Waals surface area contributed by atoms with Gasteiger partial charge in [0.2, 0.25) is 0 Å². The molecule has 0 atom stereocenters. The van der Waals surface area contributed by atoms with Gasteiger partial charge in [0.1, 0.15) is 5.78 Å². The van der Waals surface area contributed by atoms with Crippen molar-refractivity contribution in [2.24, 2.45) is 7.05 Å². The molecular weight excluding hydrogens is 312 g/mol. The summed E-state index contributed by atoms with van der Waals surface area (Å²) in [7, 11) is 1.85. The van der Waals surface area contributed by atoms with Crippen LogP contribution in [-0.2, 0) is 18.3 Å². The Morgan fingerprint density at radius 3 is 2.83 bits per heavy atom. The Morgan fingerprint density at radius 2 is 2.17 bits per heavy atom. The average molecular weight is 325 g/mol. The average Bonchev–Trinajstić information content (AvgIpc) is 2.74. The second-order valence-corrected chi connectivity index (χ2v) is 5.79. The van der Waals surface area contributed by atoms with Crippen LogP contribution < -0.4 is 0 Å². The quantitative estimate of drug-likeness (QED) is 0.793. The van der Waals surface area contributed by atoms with Gasteiger partial charge in [-0.2, -0.15) is 5.10 Å². The topological polar surface area (TPSA) is 34.9 Å². The third kappa shape index (κ3) is 3.71. The van der Waals surface area contributed by atoms with Crippen LogP contribution >= 0.6 is 27.7 Å². The maximum atomic E-state index is 11.8. The molecule has 2 aromatic rings. The molecule has 1 heterocycles. The molecule has 2 rings (SSSR count). The fourth-order valence-electron chi connectivity index (χ4n) is 1.53. The number of ketones is 1. The van der Waals surface area contributed by atoms with Crippen molar-refractivity contribution in [1.82, 2.24) is 9.78 Å². The summed E-state index contributed by atoms with van der Waals surface area (Å²) in [6, 6.07) is 9.79. The molecule has 0 saturated heterocycles. The zero-order valence-corrected chi connectivity index (χ0v) is 12.4. The van der Waals surface area contributed by atoms with Gasteiger partial charge < -0.3 is 0 Å². The van der Waals surface area contributed by atoms with Crippen molar-refractivity contribution in [3.8, 4) is 0 Å². The van der Waals surface area contributed by atoms with Crippen molar-refractivity contribution in [2.45, 2.75) is 11.3 Å². The van der Waals surface area contributed by atoms with Crippen molar-refractivity contribution < 1.29 is 4.79 Å². The lowest BCUT2D eigenvalue weighted by atomic mass is 10.2. The lowest BCUT2D eigenvalue weighted by Gasteiger charge is -2.02. The summed E-state index contributed by atoms with van der Waals surface area (Å²) in [5, 5.41) is 4.20. The second kappa shape index (κ2) is 6.20. The zero-order chi connectivity index (χ0) is 13.0. The Hall–Kier alpha value is -1.07. The molecular formula is C13H13BrN2OS. The largest absolute Gasteiger partial charge is 0.298 e. The Kier molecular flexibility index (Phi) is 4.60. The van der Waals surface area contributed by atoms with Crippen LogP contribution in [0.1, 0.15) is 5.69 Å². The lowest BCUT2D eigenvalue weighted by molar-refractivity contribution is -0.116. The highest BCUT2D eigenvalue weighted by atomic mass is 79.9. The fraction of sp³-hybridized carbons (Fsp3) is 0.231. The Bertz CT molecular complexity index is 553. The van der Waals surface area contributed by atoms with Crippen LogP contribution in [-0.4, -0.2) is 21.3 Å². The first-order valence-corrected chi connectivity index (χ1v) is 7.30. The summed E-state index contributed by atoms with van der Waals surface area (Å²) in [6.45, 7) is 0. The summed E-state index contributed by atoms with van der Waals surface area (Å²) in [4.78, 5) is 12.9. The van der Waals surface area contributed by atoms with Crippen LogP contribution in [0.15, 0.2) is 45.9 Å². The maximum Gasteiger partial charge on any atom is 0.149 e. The van der Waals surface area contributed by atoms with Crippen LogP contribution in [0.2, 0.25) is 0 Å². The minimum atomic E-state index is 0.189. The maximum absolute atomic E-state index is 11.8. The van der Waals surface area contributed by atoms with Crippen LogP contribution in [0, 0.1) is 0 Å². The molecule has 0 aliphatic heterocycles. The molecule has 0 radical (unpaired) electrons. The van der Waals surface area contributed by atoms with Gasteiger partial charge in [-0.1, -0.05) is 12.1 Å². The van der Waals surface area contributed by atoms with Crippen molar-refractivity contribution >= 4 is 33.5 Å². The van der Waals surface area contributed by atoms with Crippen LogP contribution in [0.3, 0.4) is 0 Å². The highest BCUT2D eigenvalue weighted by Crippen LogP contribution is 2.26. The number of carbonyl (C=O) groups excluding carboxylic acids is 1. The zero-order valence-electron chi connectivity index (χ0n) is 9.97. The van der Waals surface area contributed by atoms with E-state index < -0.39 is 0 Å². The standard InChI is InChI=1S/C13H13BrN2OS/c1-16-7-6-10(15-16)8-11(17)9-18-13-5-3-2-4-12(13)14/h2-7H,8-9H2,1H3. The van der Waals surface area contributed by atoms with E-state index in [1.54, 1.807) is 16.4 Å². The number of Topliss-reactive ketones (excluding diaryl/α,β-unsaturated/α-hetero) is 1. The minimum Gasteiger partial charge on any atom is -0.298 e. The van der Waals surface area contributed by atoms with Gasteiger partial charge in [0.05, 0.1) is 17.9 Å². The molecule has 5 heteroatoms. The molecule has 0 fully saturated rings. The first-order valence-electron chi connectivity index (χ1n) is 5.52. The number of rotatable bonds is 5. The summed E-state index contributed by atoms with van der Waals surface area (Å²) in [6.07, 6.45) is 2.25. The van der Waals surface area contributed by atoms with E-state index in [0.29, 0.717) is 12.2 Å². The van der Waals surface area contributed by atoms with E-state index in [9.17, 15) is 4.79 Å². The van der Waals surface area contributed by atoms with Gasteiger partial charge in [-0.15, -0.1) is 11.8 Å². The SMILES string of the molecule is Cn1ccc(CC(=O)CSc2ccccc2Br)n1. The number of benzene rings is 1. The molecule has 0 bridgehead atoms. The van der Waals surface area contributed by atoms with E-state index in [1.165, 1.54) is 0 Å². The number of carbonyl (C=O) groups is 1. The molecule has 0 aliphatic carbocycles. The van der Waals surface area contributed by atoms with Gasteiger partial charge in [-0.05, 0) is 34.1 Å². The molecule has 1 aromatic heterocycles. The Morgan fingerprint density at radius 1 is 1.39 bits per heavy atom. The van der Waals surface area contributed by atoms with Crippen molar-refractivity contribution in [1.29, 1.82) is 0 Å². The monoisotopic (exact) mass is 324 g/mol. The molecule has 3 nitrogen and oxygen atoms in total. The van der Waals surface area contributed by atoms with Crippen molar-refractivity contribution in [3.63, 3.8) is 0 Å². The highest BCUT2D eigenvalue weighted by molar-refractivity contribution is 9.10. The molecule has 0 saturated carbocycles. The number of nitrogens with zero attached hydrogens (tertiary/aromatic N) is 2. The number of aryl methyl sites for hydroxylation is 1. The van der Waals surface area contributed by atoms with Gasteiger partial charge in [-0.3, -0.25) is 9.48 Å². The number of thioether (sulfide) groups is 1. The minimum absolute atomic E-state index is 0.189. The first kappa shape index (κ1) is 13.4. The van der Waals surface area contributed by atoms with E-state index in [2.05, 4.69) is 21.0 Å². The highest BCUT2D eigenvalue weighted by Gasteiger charge is 2.08. The number of halogens is 1. The van der Waals surface area contributed by atoms with Gasteiger partial charge >= 0.3 is 0 Å². The Balaban J connectivity index is 1.87. The lowest BCUT2D eigenvalue weighted by Crippen LogP contribution is -2.06. The first-order chi connectivity index (χ1) is 8.65. The molecule has 0 unspecified atom stereocenters. The number of aromatic nitrogens is 2. The van der Waals surface area contributed by atoms with E-state index >= 15 is 0 Å². The van der Waals surface area contributed by atoms with Gasteiger partial charge in [0.25, 0.3) is 0 Å². The third-order valence-electron chi connectivity index (χ3n) is 2.37. The number of hydrogen-bond donors (Lipinski definition) is 0. The molecule has 0 N–H and O–H groups in total. The normalized spacial score (nSPS) is 10.6. The predicted octanol–water partition coefficient (Wildman–Crippen LogP) is 3.09. The molecule has 0 amide bonds. The van der Waals surface area contributed by atoms with Crippen LogP contribution in [0.25, 0.3) is 0 Å². The molecule has 1 aromatic carbocycles. The molecule has 18 heavy (non-hydrogen) atoms. The van der Waals surface area contributed by atoms with E-state index in [-0.39, 0.29) is 5.78 Å². The summed E-state index contributed by atoms with van der Waals surface area (Å²) >= 11 is 5.02.